The van der Waals surface area contributed by atoms with Gasteiger partial charge in [-0.2, -0.15) is 0 Å². The highest BCUT2D eigenvalue weighted by Crippen LogP contribution is 2.25. The van der Waals surface area contributed by atoms with Gasteiger partial charge in [-0.15, -0.1) is 0 Å². The van der Waals surface area contributed by atoms with Crippen LogP contribution in [0.25, 0.3) is 0 Å². The molecule has 1 fully saturated rings. The monoisotopic (exact) mass is 268 g/mol. The number of hydrogen-bond acceptors (Lipinski definition) is 3. The molecule has 0 aromatic heterocycles. The zero-order chi connectivity index (χ0) is 13.3. The van der Waals surface area contributed by atoms with Gasteiger partial charge in [-0.1, -0.05) is 12.2 Å². The normalized spacial score (nSPS) is 23.1. The Morgan fingerprint density at radius 2 is 2.28 bits per heavy atom. The predicted octanol–water partition coefficient (Wildman–Crippen LogP) is 2.07. The summed E-state index contributed by atoms with van der Waals surface area (Å²) in [4.78, 5) is 2.13. The van der Waals surface area contributed by atoms with E-state index in [1.165, 1.54) is 6.07 Å². The summed E-state index contributed by atoms with van der Waals surface area (Å²) in [6, 6.07) is 5.21. The van der Waals surface area contributed by atoms with E-state index < -0.39 is 0 Å². The summed E-state index contributed by atoms with van der Waals surface area (Å²) in [6.07, 6.45) is 1.12. The van der Waals surface area contributed by atoms with Crippen LogP contribution < -0.4 is 10.6 Å². The summed E-state index contributed by atoms with van der Waals surface area (Å²) in [5, 5.41) is 0. The van der Waals surface area contributed by atoms with E-state index >= 15 is 0 Å². The maximum absolute atomic E-state index is 13.8. The molecule has 98 valence electrons. The van der Waals surface area contributed by atoms with E-state index in [9.17, 15) is 4.39 Å². The van der Waals surface area contributed by atoms with Gasteiger partial charge in [0.05, 0.1) is 12.1 Å². The first kappa shape index (κ1) is 13.2. The molecule has 2 unspecified atom stereocenters. The number of rotatable bonds is 3. The zero-order valence-corrected chi connectivity index (χ0v) is 11.3. The quantitative estimate of drug-likeness (QED) is 0.852. The number of likely N-dealkylation sites (N-methyl/N-ethyl adjacent to an activating group) is 1. The van der Waals surface area contributed by atoms with Crippen molar-refractivity contribution in [2.75, 3.05) is 18.6 Å². The molecule has 2 atom stereocenters. The molecular formula is C13H17FN2OS. The molecule has 1 aromatic rings. The molecule has 1 heterocycles. The Balaban J connectivity index is 2.23. The molecule has 1 aliphatic heterocycles. The number of thiocarbonyl (C=S) groups is 1. The zero-order valence-electron chi connectivity index (χ0n) is 10.5. The fourth-order valence-corrected chi connectivity index (χ4v) is 2.51. The summed E-state index contributed by atoms with van der Waals surface area (Å²) < 4.78 is 19.3. The summed E-state index contributed by atoms with van der Waals surface area (Å²) in [5.41, 5.74) is 6.55. The second kappa shape index (κ2) is 5.20. The van der Waals surface area contributed by atoms with Crippen LogP contribution >= 0.6 is 12.2 Å². The predicted molar refractivity (Wildman–Crippen MR) is 74.5 cm³/mol. The lowest BCUT2D eigenvalue weighted by Gasteiger charge is -2.29. The van der Waals surface area contributed by atoms with E-state index in [0.29, 0.717) is 0 Å². The second-order valence-electron chi connectivity index (χ2n) is 4.57. The molecule has 1 aromatic carbocycles. The van der Waals surface area contributed by atoms with Crippen LogP contribution in [0.5, 0.6) is 0 Å². The van der Waals surface area contributed by atoms with Gasteiger partial charge in [0, 0.05) is 24.9 Å². The summed E-state index contributed by atoms with van der Waals surface area (Å²) >= 11 is 4.79. The van der Waals surface area contributed by atoms with Crippen LogP contribution in [0.2, 0.25) is 0 Å². The first-order valence-electron chi connectivity index (χ1n) is 5.94. The smallest absolute Gasteiger partial charge is 0.135 e. The molecule has 0 radical (unpaired) electrons. The molecule has 0 amide bonds. The Labute approximate surface area is 112 Å². The molecule has 0 saturated carbocycles. The molecule has 18 heavy (non-hydrogen) atoms. The highest BCUT2D eigenvalue weighted by Gasteiger charge is 2.28. The summed E-state index contributed by atoms with van der Waals surface area (Å²) in [6.45, 7) is 2.79. The van der Waals surface area contributed by atoms with Crippen molar-refractivity contribution in [1.82, 2.24) is 0 Å². The first-order chi connectivity index (χ1) is 8.50. The average molecular weight is 268 g/mol. The van der Waals surface area contributed by atoms with E-state index in [0.717, 1.165) is 18.7 Å². The van der Waals surface area contributed by atoms with Crippen LogP contribution in [-0.2, 0) is 4.74 Å². The number of anilines is 1. The third kappa shape index (κ3) is 2.47. The lowest BCUT2D eigenvalue weighted by molar-refractivity contribution is 0.118. The van der Waals surface area contributed by atoms with Crippen molar-refractivity contribution >= 4 is 22.9 Å². The SMILES string of the molecule is CC1OCCC1N(C)c1ccc(C(N)=S)c(F)c1. The van der Waals surface area contributed by atoms with Crippen molar-refractivity contribution in [1.29, 1.82) is 0 Å². The van der Waals surface area contributed by atoms with Crippen LogP contribution in [0.3, 0.4) is 0 Å². The number of hydrogen-bond donors (Lipinski definition) is 1. The Kier molecular flexibility index (Phi) is 3.82. The van der Waals surface area contributed by atoms with Gasteiger partial charge in [0.25, 0.3) is 0 Å². The van der Waals surface area contributed by atoms with Crippen molar-refractivity contribution in [3.05, 3.63) is 29.6 Å². The van der Waals surface area contributed by atoms with Crippen LogP contribution in [0.1, 0.15) is 18.9 Å². The molecule has 5 heteroatoms. The first-order valence-corrected chi connectivity index (χ1v) is 6.35. The standard InChI is InChI=1S/C13H17FN2OS/c1-8-12(5-6-17-8)16(2)9-3-4-10(13(15)18)11(14)7-9/h3-4,7-8,12H,5-6H2,1-2H3,(H2,15,18). The minimum atomic E-state index is -0.376. The fraction of sp³-hybridized carbons (Fsp3) is 0.462. The molecular weight excluding hydrogens is 251 g/mol. The molecule has 1 saturated heterocycles. The second-order valence-corrected chi connectivity index (χ2v) is 5.01. The average Bonchev–Trinajstić information content (AvgIpc) is 2.74. The fourth-order valence-electron chi connectivity index (χ4n) is 2.34. The number of benzene rings is 1. The third-order valence-electron chi connectivity index (χ3n) is 3.46. The van der Waals surface area contributed by atoms with Gasteiger partial charge < -0.3 is 15.4 Å². The molecule has 3 nitrogen and oxygen atoms in total. The van der Waals surface area contributed by atoms with E-state index in [1.54, 1.807) is 6.07 Å². The van der Waals surface area contributed by atoms with E-state index in [1.807, 2.05) is 24.9 Å². The van der Waals surface area contributed by atoms with Gasteiger partial charge in [-0.3, -0.25) is 0 Å². The lowest BCUT2D eigenvalue weighted by Crippen LogP contribution is -2.36. The van der Waals surface area contributed by atoms with Crippen molar-refractivity contribution in [2.24, 2.45) is 5.73 Å². The highest BCUT2D eigenvalue weighted by molar-refractivity contribution is 7.80. The van der Waals surface area contributed by atoms with E-state index in [-0.39, 0.29) is 28.5 Å². The Morgan fingerprint density at radius 1 is 1.56 bits per heavy atom. The maximum atomic E-state index is 13.8. The molecule has 2 N–H and O–H groups in total. The summed E-state index contributed by atoms with van der Waals surface area (Å²) in [5.74, 6) is -0.376. The van der Waals surface area contributed by atoms with Crippen LogP contribution in [-0.4, -0.2) is 30.8 Å². The van der Waals surface area contributed by atoms with Gasteiger partial charge >= 0.3 is 0 Å². The minimum absolute atomic E-state index is 0.0827. The number of nitrogens with zero attached hydrogens (tertiary/aromatic N) is 1. The van der Waals surface area contributed by atoms with Gasteiger partial charge in [0.1, 0.15) is 10.8 Å². The number of nitrogens with two attached hydrogens (primary N) is 1. The summed E-state index contributed by atoms with van der Waals surface area (Å²) in [7, 11) is 1.95. The van der Waals surface area contributed by atoms with Crippen molar-refractivity contribution in [3.63, 3.8) is 0 Å². The van der Waals surface area contributed by atoms with Gasteiger partial charge in [-0.05, 0) is 31.5 Å². The molecule has 0 spiro atoms. The molecule has 2 rings (SSSR count). The lowest BCUT2D eigenvalue weighted by atomic mass is 10.1. The maximum Gasteiger partial charge on any atom is 0.135 e. The van der Waals surface area contributed by atoms with E-state index in [2.05, 4.69) is 0 Å². The molecule has 0 bridgehead atoms. The Bertz CT molecular complexity index is 466. The van der Waals surface area contributed by atoms with Gasteiger partial charge in [0.15, 0.2) is 0 Å². The molecule has 0 aliphatic carbocycles. The van der Waals surface area contributed by atoms with Crippen molar-refractivity contribution < 1.29 is 9.13 Å². The Hall–Kier alpha value is -1.20. The minimum Gasteiger partial charge on any atom is -0.389 e. The van der Waals surface area contributed by atoms with Crippen LogP contribution in [0.4, 0.5) is 10.1 Å². The van der Waals surface area contributed by atoms with E-state index in [4.69, 9.17) is 22.7 Å². The Morgan fingerprint density at radius 3 is 2.78 bits per heavy atom. The number of halogens is 1. The van der Waals surface area contributed by atoms with Crippen LogP contribution in [0.15, 0.2) is 18.2 Å². The van der Waals surface area contributed by atoms with Crippen LogP contribution in [0, 0.1) is 5.82 Å². The van der Waals surface area contributed by atoms with Crippen molar-refractivity contribution in [2.45, 2.75) is 25.5 Å². The topological polar surface area (TPSA) is 38.5 Å². The third-order valence-corrected chi connectivity index (χ3v) is 3.68. The largest absolute Gasteiger partial charge is 0.389 e. The van der Waals surface area contributed by atoms with Crippen molar-refractivity contribution in [3.8, 4) is 0 Å². The highest BCUT2D eigenvalue weighted by atomic mass is 32.1. The number of ether oxygens (including phenoxy) is 1. The van der Waals surface area contributed by atoms with Gasteiger partial charge in [-0.25, -0.2) is 4.39 Å². The van der Waals surface area contributed by atoms with Gasteiger partial charge in [0.2, 0.25) is 0 Å². The molecule has 1 aliphatic rings.